The number of allylic oxidation sites excluding steroid dienone is 2. The van der Waals surface area contributed by atoms with E-state index in [1.165, 1.54) is 18.2 Å². The number of hydrogen-bond donors (Lipinski definition) is 0. The number of fused-ring (bicyclic) bond motifs is 1. The molecule has 3 aliphatic carbocycles. The molecule has 228 valence electrons. The fraction of sp³-hybridized carbons (Fsp3) is 0.526. The first kappa shape index (κ1) is 31.1. The van der Waals surface area contributed by atoms with Crippen molar-refractivity contribution in [1.29, 1.82) is 0 Å². The maximum Gasteiger partial charge on any atom is 0.229 e. The molecule has 43 heavy (non-hydrogen) atoms. The number of ketones is 4. The molecule has 0 bridgehead atoms. The number of ether oxygens (including phenoxy) is 1. The summed E-state index contributed by atoms with van der Waals surface area (Å²) in [5.41, 5.74) is 4.51. The van der Waals surface area contributed by atoms with Crippen molar-refractivity contribution in [2.45, 2.75) is 91.4 Å². The first-order valence-electron chi connectivity index (χ1n) is 16.2. The van der Waals surface area contributed by atoms with Crippen LogP contribution in [-0.4, -0.2) is 30.2 Å². The second-order valence-corrected chi connectivity index (χ2v) is 13.7. The Balaban J connectivity index is 1.39. The summed E-state index contributed by atoms with van der Waals surface area (Å²) in [6.45, 7) is 7.96. The Morgan fingerprint density at radius 3 is 2.09 bits per heavy atom. The third-order valence-electron chi connectivity index (χ3n) is 10.2. The van der Waals surface area contributed by atoms with Crippen LogP contribution in [0.25, 0.3) is 5.57 Å². The van der Waals surface area contributed by atoms with Gasteiger partial charge in [0.1, 0.15) is 11.5 Å². The molecule has 0 aromatic heterocycles. The van der Waals surface area contributed by atoms with Gasteiger partial charge in [-0.25, -0.2) is 0 Å². The molecule has 2 saturated carbocycles. The van der Waals surface area contributed by atoms with Gasteiger partial charge in [-0.3, -0.25) is 19.2 Å². The SMILES string of the molecule is COc1cc2c(cc1C(=O)C1CCC(Cc3ccc(C)cc3)CC1)C(C(=O)C(=O)C1CCC(C)CC1)=CC2C(=O)C(C)C. The number of aryl methyl sites for hydroxylation is 1. The molecule has 2 fully saturated rings. The van der Waals surface area contributed by atoms with Crippen LogP contribution in [0.3, 0.4) is 0 Å². The third kappa shape index (κ3) is 6.61. The molecule has 0 radical (unpaired) electrons. The van der Waals surface area contributed by atoms with Crippen LogP contribution in [0.2, 0.25) is 0 Å². The summed E-state index contributed by atoms with van der Waals surface area (Å²) >= 11 is 0. The van der Waals surface area contributed by atoms with Crippen LogP contribution in [0.15, 0.2) is 42.5 Å². The lowest BCUT2D eigenvalue weighted by Crippen LogP contribution is -2.28. The fourth-order valence-electron chi connectivity index (χ4n) is 7.33. The van der Waals surface area contributed by atoms with Crippen LogP contribution in [0, 0.1) is 36.5 Å². The van der Waals surface area contributed by atoms with E-state index in [4.69, 9.17) is 4.74 Å². The van der Waals surface area contributed by atoms with Crippen LogP contribution in [0.1, 0.15) is 111 Å². The number of carbonyl (C=O) groups is 4. The van der Waals surface area contributed by atoms with Gasteiger partial charge in [-0.1, -0.05) is 69.5 Å². The highest BCUT2D eigenvalue weighted by atomic mass is 16.5. The molecule has 3 aliphatic rings. The largest absolute Gasteiger partial charge is 0.496 e. The Hall–Kier alpha value is -3.34. The summed E-state index contributed by atoms with van der Waals surface area (Å²) in [6.07, 6.45) is 9.61. The smallest absolute Gasteiger partial charge is 0.229 e. The Kier molecular flexibility index (Phi) is 9.48. The second kappa shape index (κ2) is 13.1. The minimum atomic E-state index is -0.636. The predicted molar refractivity (Wildman–Crippen MR) is 169 cm³/mol. The summed E-state index contributed by atoms with van der Waals surface area (Å²) in [4.78, 5) is 54.4. The van der Waals surface area contributed by atoms with Crippen molar-refractivity contribution < 1.29 is 23.9 Å². The van der Waals surface area contributed by atoms with E-state index in [0.29, 0.717) is 34.3 Å². The zero-order valence-electron chi connectivity index (χ0n) is 26.4. The summed E-state index contributed by atoms with van der Waals surface area (Å²) in [6, 6.07) is 12.2. The molecule has 0 aliphatic heterocycles. The Morgan fingerprint density at radius 2 is 1.49 bits per heavy atom. The molecular weight excluding hydrogens is 536 g/mol. The standard InChI is InChI=1S/C38H46O5/c1-22(2)35(39)31-20-32(38(42)37(41)28-14-8-24(4)9-15-28)29-19-33(34(43-5)21-30(29)31)36(40)27-16-12-26(13-17-27)18-25-10-6-23(3)7-11-25/h6-7,10-11,19-22,24,26-28,31H,8-9,12-18H2,1-5H3. The lowest BCUT2D eigenvalue weighted by molar-refractivity contribution is -0.136. The van der Waals surface area contributed by atoms with Crippen molar-refractivity contribution in [3.63, 3.8) is 0 Å². The molecule has 2 aromatic rings. The predicted octanol–water partition coefficient (Wildman–Crippen LogP) is 7.91. The molecule has 5 rings (SSSR count). The molecule has 0 N–H and O–H groups in total. The molecule has 0 saturated heterocycles. The summed E-state index contributed by atoms with van der Waals surface area (Å²) in [5.74, 6) is -0.617. The fourth-order valence-corrected chi connectivity index (χ4v) is 7.33. The maximum absolute atomic E-state index is 14.0. The molecule has 0 amide bonds. The first-order chi connectivity index (χ1) is 20.6. The topological polar surface area (TPSA) is 77.5 Å². The van der Waals surface area contributed by atoms with Gasteiger partial charge in [0, 0.05) is 23.3 Å². The molecule has 5 heteroatoms. The second-order valence-electron chi connectivity index (χ2n) is 13.7. The molecule has 0 heterocycles. The Morgan fingerprint density at radius 1 is 0.860 bits per heavy atom. The highest BCUT2D eigenvalue weighted by Crippen LogP contribution is 2.44. The number of carbonyl (C=O) groups excluding carboxylic acids is 4. The van der Waals surface area contributed by atoms with E-state index < -0.39 is 11.7 Å². The van der Waals surface area contributed by atoms with Gasteiger partial charge in [0.05, 0.1) is 18.6 Å². The number of benzene rings is 2. The van der Waals surface area contributed by atoms with Gasteiger partial charge in [0.2, 0.25) is 11.6 Å². The number of methoxy groups -OCH3 is 1. The Labute approximate surface area is 256 Å². The lowest BCUT2D eigenvalue weighted by Gasteiger charge is -2.28. The van der Waals surface area contributed by atoms with Crippen molar-refractivity contribution in [1.82, 2.24) is 0 Å². The van der Waals surface area contributed by atoms with Crippen LogP contribution in [0.4, 0.5) is 0 Å². The van der Waals surface area contributed by atoms with Crippen LogP contribution in [0.5, 0.6) is 5.75 Å². The third-order valence-corrected chi connectivity index (χ3v) is 10.2. The normalized spacial score (nSPS) is 25.2. The van der Waals surface area contributed by atoms with Crippen LogP contribution < -0.4 is 4.74 Å². The van der Waals surface area contributed by atoms with Gasteiger partial charge in [-0.05, 0) is 92.5 Å². The molecule has 2 aromatic carbocycles. The van der Waals surface area contributed by atoms with E-state index in [1.807, 2.05) is 13.8 Å². The lowest BCUT2D eigenvalue weighted by atomic mass is 9.76. The van der Waals surface area contributed by atoms with Gasteiger partial charge in [0.25, 0.3) is 0 Å². The van der Waals surface area contributed by atoms with E-state index in [9.17, 15) is 19.2 Å². The van der Waals surface area contributed by atoms with Gasteiger partial charge in [-0.15, -0.1) is 0 Å². The highest BCUT2D eigenvalue weighted by molar-refractivity contribution is 6.55. The van der Waals surface area contributed by atoms with Gasteiger partial charge in [0.15, 0.2) is 5.78 Å². The number of hydrogen-bond acceptors (Lipinski definition) is 5. The molecule has 5 nitrogen and oxygen atoms in total. The summed E-state index contributed by atoms with van der Waals surface area (Å²) < 4.78 is 5.72. The molecular formula is C38H46O5. The van der Waals surface area contributed by atoms with Gasteiger partial charge < -0.3 is 4.74 Å². The minimum Gasteiger partial charge on any atom is -0.496 e. The van der Waals surface area contributed by atoms with E-state index in [1.54, 1.807) is 18.2 Å². The first-order valence-corrected chi connectivity index (χ1v) is 16.2. The van der Waals surface area contributed by atoms with E-state index >= 15 is 0 Å². The minimum absolute atomic E-state index is 0.0176. The Bertz CT molecular complexity index is 1410. The average Bonchev–Trinajstić information content (AvgIpc) is 3.39. The quantitative estimate of drug-likeness (QED) is 0.210. The van der Waals surface area contributed by atoms with Crippen LogP contribution in [-0.2, 0) is 20.8 Å². The summed E-state index contributed by atoms with van der Waals surface area (Å²) in [5, 5.41) is 0. The van der Waals surface area contributed by atoms with Crippen molar-refractivity contribution in [3.8, 4) is 5.75 Å². The molecule has 1 unspecified atom stereocenters. The summed E-state index contributed by atoms with van der Waals surface area (Å²) in [7, 11) is 1.54. The van der Waals surface area contributed by atoms with Crippen molar-refractivity contribution in [2.75, 3.05) is 7.11 Å². The van der Waals surface area contributed by atoms with E-state index in [-0.39, 0.29) is 40.7 Å². The zero-order valence-corrected chi connectivity index (χ0v) is 26.4. The van der Waals surface area contributed by atoms with Gasteiger partial charge in [-0.2, -0.15) is 0 Å². The van der Waals surface area contributed by atoms with Crippen LogP contribution >= 0.6 is 0 Å². The van der Waals surface area contributed by atoms with E-state index in [0.717, 1.165) is 57.8 Å². The van der Waals surface area contributed by atoms with Crippen molar-refractivity contribution in [2.24, 2.45) is 29.6 Å². The molecule has 1 atom stereocenters. The van der Waals surface area contributed by atoms with Crippen molar-refractivity contribution in [3.05, 3.63) is 70.3 Å². The molecule has 0 spiro atoms. The maximum atomic E-state index is 14.0. The average molecular weight is 583 g/mol. The monoisotopic (exact) mass is 582 g/mol. The number of Topliss-reactive ketones (excluding diaryl/α,β-unsaturated/α-hetero) is 4. The van der Waals surface area contributed by atoms with Gasteiger partial charge >= 0.3 is 0 Å². The van der Waals surface area contributed by atoms with E-state index in [2.05, 4.69) is 38.1 Å². The number of rotatable bonds is 10. The van der Waals surface area contributed by atoms with Crippen molar-refractivity contribution >= 4 is 28.7 Å². The highest BCUT2D eigenvalue weighted by Gasteiger charge is 2.39. The zero-order chi connectivity index (χ0) is 30.8.